The fourth-order valence-corrected chi connectivity index (χ4v) is 5.31. The van der Waals surface area contributed by atoms with Crippen LogP contribution in [0, 0.1) is 10.1 Å². The summed E-state index contributed by atoms with van der Waals surface area (Å²) in [5.74, 6) is -4.23. The van der Waals surface area contributed by atoms with Crippen LogP contribution in [-0.4, -0.2) is 60.6 Å². The van der Waals surface area contributed by atoms with Crippen LogP contribution in [0.4, 0.5) is 13.2 Å². The normalized spacial score (nSPS) is 20.0. The Kier molecular flexibility index (Phi) is 7.38. The van der Waals surface area contributed by atoms with Crippen LogP contribution in [0.15, 0.2) is 21.1 Å². The minimum Gasteiger partial charge on any atom is -0.496 e. The van der Waals surface area contributed by atoms with E-state index >= 15 is 0 Å². The number of likely N-dealkylation sites (N-methyl/N-ethyl adjacent to an activating group) is 1. The molecular weight excluding hydrogens is 543 g/mol. The number of benzene rings is 1. The molecule has 1 aromatic carbocycles. The third kappa shape index (κ3) is 4.41. The molecular formula is C17H18Br2F3N3O5. The molecule has 0 unspecified atom stereocenters. The summed E-state index contributed by atoms with van der Waals surface area (Å²) in [4.78, 5) is 36.3. The predicted octanol–water partition coefficient (Wildman–Crippen LogP) is 3.25. The van der Waals surface area contributed by atoms with Crippen molar-refractivity contribution in [3.05, 3.63) is 36.8 Å². The lowest BCUT2D eigenvalue weighted by molar-refractivity contribution is -0.485. The highest BCUT2D eigenvalue weighted by molar-refractivity contribution is 9.11. The largest absolute Gasteiger partial charge is 0.496 e. The molecule has 1 fully saturated rings. The first-order valence-corrected chi connectivity index (χ1v) is 10.2. The Balaban J connectivity index is 2.79. The monoisotopic (exact) mass is 559 g/mol. The lowest BCUT2D eigenvalue weighted by Gasteiger charge is -2.41. The first-order chi connectivity index (χ1) is 13.9. The van der Waals surface area contributed by atoms with Crippen LogP contribution in [0.25, 0.3) is 0 Å². The van der Waals surface area contributed by atoms with Crippen molar-refractivity contribution in [3.8, 4) is 5.75 Å². The zero-order valence-electron chi connectivity index (χ0n) is 15.9. The summed E-state index contributed by atoms with van der Waals surface area (Å²) in [6.45, 7) is -1.23. The molecule has 1 aromatic rings. The standard InChI is InChI=1S/C17H18Br2F3N3O5/c1-23-14(26)16(4-3-5-24(16)15(27)17(20,21)22)10(8-25(28)29)9-6-13(30-2)12(19)7-11(9)18/h6-7,10H,3-5,8H2,1-2H3,(H,23,26)/t10-,16+/m1/s1. The number of ether oxygens (including phenoxy) is 1. The maximum absolute atomic E-state index is 13.3. The van der Waals surface area contributed by atoms with Gasteiger partial charge in [0.15, 0.2) is 0 Å². The van der Waals surface area contributed by atoms with Crippen LogP contribution in [0.1, 0.15) is 24.3 Å². The number of nitrogens with zero attached hydrogens (tertiary/aromatic N) is 2. The lowest BCUT2D eigenvalue weighted by Crippen LogP contribution is -2.63. The number of hydrogen-bond acceptors (Lipinski definition) is 5. The van der Waals surface area contributed by atoms with Gasteiger partial charge in [-0.3, -0.25) is 19.7 Å². The number of halogens is 5. The second kappa shape index (κ2) is 9.08. The topological polar surface area (TPSA) is 102 Å². The van der Waals surface area contributed by atoms with E-state index in [1.807, 2.05) is 0 Å². The van der Waals surface area contributed by atoms with Crippen molar-refractivity contribution in [2.45, 2.75) is 30.5 Å². The van der Waals surface area contributed by atoms with E-state index in [1.54, 1.807) is 0 Å². The lowest BCUT2D eigenvalue weighted by atomic mass is 9.76. The molecule has 1 aliphatic rings. The van der Waals surface area contributed by atoms with Crippen LogP contribution >= 0.6 is 31.9 Å². The van der Waals surface area contributed by atoms with Crippen molar-refractivity contribution in [3.63, 3.8) is 0 Å². The molecule has 0 spiro atoms. The van der Waals surface area contributed by atoms with E-state index in [0.717, 1.165) is 0 Å². The third-order valence-corrected chi connectivity index (χ3v) is 6.39. The minimum atomic E-state index is -5.24. The molecule has 166 valence electrons. The van der Waals surface area contributed by atoms with Crippen molar-refractivity contribution < 1.29 is 32.4 Å². The molecule has 1 N–H and O–H groups in total. The third-order valence-electron chi connectivity index (χ3n) is 5.08. The molecule has 1 heterocycles. The number of rotatable bonds is 6. The van der Waals surface area contributed by atoms with Crippen LogP contribution in [0.3, 0.4) is 0 Å². The van der Waals surface area contributed by atoms with Gasteiger partial charge in [-0.05, 0) is 46.5 Å². The molecule has 2 amide bonds. The van der Waals surface area contributed by atoms with Gasteiger partial charge in [-0.2, -0.15) is 13.2 Å². The van der Waals surface area contributed by atoms with Crippen molar-refractivity contribution in [1.82, 2.24) is 10.2 Å². The molecule has 2 rings (SSSR count). The fraction of sp³-hybridized carbons (Fsp3) is 0.529. The molecule has 8 nitrogen and oxygen atoms in total. The van der Waals surface area contributed by atoms with E-state index in [2.05, 4.69) is 37.2 Å². The molecule has 0 saturated carbocycles. The van der Waals surface area contributed by atoms with Crippen molar-refractivity contribution in [1.29, 1.82) is 0 Å². The van der Waals surface area contributed by atoms with Crippen molar-refractivity contribution in [2.75, 3.05) is 27.2 Å². The summed E-state index contributed by atoms with van der Waals surface area (Å²) in [6, 6.07) is 2.92. The summed E-state index contributed by atoms with van der Waals surface area (Å²) in [5.41, 5.74) is -1.92. The number of nitro groups is 1. The van der Waals surface area contributed by atoms with Gasteiger partial charge < -0.3 is 15.0 Å². The molecule has 0 bridgehead atoms. The zero-order valence-corrected chi connectivity index (χ0v) is 19.1. The van der Waals surface area contributed by atoms with E-state index < -0.39 is 40.9 Å². The number of hydrogen-bond donors (Lipinski definition) is 1. The second-order valence-corrected chi connectivity index (χ2v) is 8.35. The fourth-order valence-electron chi connectivity index (χ4n) is 3.87. The van der Waals surface area contributed by atoms with E-state index in [9.17, 15) is 32.9 Å². The van der Waals surface area contributed by atoms with Crippen LogP contribution in [0.2, 0.25) is 0 Å². The van der Waals surface area contributed by atoms with E-state index in [0.29, 0.717) is 13.8 Å². The summed E-state index contributed by atoms with van der Waals surface area (Å²) in [5, 5.41) is 13.8. The van der Waals surface area contributed by atoms with Crippen molar-refractivity contribution >= 4 is 43.7 Å². The SMILES string of the molecule is CNC(=O)[C@@]1([C@H](C[N+](=O)[O-])c2cc(OC)c(Br)cc2Br)CCCN1C(=O)C(F)(F)F. The smallest absolute Gasteiger partial charge is 0.471 e. The number of alkyl halides is 3. The summed E-state index contributed by atoms with van der Waals surface area (Å²) in [6.07, 6.45) is -5.33. The summed E-state index contributed by atoms with van der Waals surface area (Å²) >= 11 is 6.53. The molecule has 1 aliphatic heterocycles. The highest BCUT2D eigenvalue weighted by atomic mass is 79.9. The van der Waals surface area contributed by atoms with Crippen molar-refractivity contribution in [2.24, 2.45) is 0 Å². The van der Waals surface area contributed by atoms with Gasteiger partial charge in [0, 0.05) is 23.0 Å². The average Bonchev–Trinajstić information content (AvgIpc) is 3.10. The quantitative estimate of drug-likeness (QED) is 0.425. The second-order valence-electron chi connectivity index (χ2n) is 6.64. The number of likely N-dealkylation sites (tertiary alicyclic amines) is 1. The minimum absolute atomic E-state index is 0.0781. The maximum atomic E-state index is 13.3. The Morgan fingerprint density at radius 2 is 2.00 bits per heavy atom. The maximum Gasteiger partial charge on any atom is 0.471 e. The Hall–Kier alpha value is -1.89. The van der Waals surface area contributed by atoms with Gasteiger partial charge in [0.2, 0.25) is 12.5 Å². The number of nitrogens with one attached hydrogen (secondary N) is 1. The van der Waals surface area contributed by atoms with Gasteiger partial charge >= 0.3 is 12.1 Å². The molecule has 0 aliphatic carbocycles. The van der Waals surface area contributed by atoms with E-state index in [4.69, 9.17) is 4.74 Å². The van der Waals surface area contributed by atoms with Gasteiger partial charge in [0.25, 0.3) is 0 Å². The summed E-state index contributed by atoms with van der Waals surface area (Å²) < 4.78 is 45.9. The van der Waals surface area contributed by atoms with Crippen LogP contribution < -0.4 is 10.1 Å². The first kappa shape index (κ1) is 24.4. The molecule has 0 radical (unpaired) electrons. The van der Waals surface area contributed by atoms with Crippen LogP contribution in [0.5, 0.6) is 5.75 Å². The van der Waals surface area contributed by atoms with Gasteiger partial charge in [-0.15, -0.1) is 0 Å². The highest BCUT2D eigenvalue weighted by Gasteiger charge is 2.61. The number of methoxy groups -OCH3 is 1. The number of amides is 2. The molecule has 13 heteroatoms. The summed E-state index contributed by atoms with van der Waals surface area (Å²) in [7, 11) is 2.56. The zero-order chi connectivity index (χ0) is 22.9. The van der Waals surface area contributed by atoms with E-state index in [-0.39, 0.29) is 30.7 Å². The van der Waals surface area contributed by atoms with E-state index in [1.165, 1.54) is 26.3 Å². The Labute approximate surface area is 186 Å². The number of carbonyl (C=O) groups excluding carboxylic acids is 2. The highest BCUT2D eigenvalue weighted by Crippen LogP contribution is 2.47. The molecule has 1 saturated heterocycles. The molecule has 30 heavy (non-hydrogen) atoms. The Bertz CT molecular complexity index is 868. The van der Waals surface area contributed by atoms with Gasteiger partial charge in [-0.1, -0.05) is 15.9 Å². The average molecular weight is 561 g/mol. The first-order valence-electron chi connectivity index (χ1n) is 8.65. The molecule has 2 atom stereocenters. The van der Waals surface area contributed by atoms with Gasteiger partial charge in [-0.25, -0.2) is 0 Å². The van der Waals surface area contributed by atoms with Gasteiger partial charge in [0.05, 0.1) is 17.5 Å². The van der Waals surface area contributed by atoms with Crippen LogP contribution in [-0.2, 0) is 9.59 Å². The molecule has 0 aromatic heterocycles. The Morgan fingerprint density at radius 3 is 2.50 bits per heavy atom. The predicted molar refractivity (Wildman–Crippen MR) is 107 cm³/mol. The number of carbonyl (C=O) groups is 2. The Morgan fingerprint density at radius 1 is 1.37 bits per heavy atom. The van der Waals surface area contributed by atoms with Gasteiger partial charge in [0.1, 0.15) is 11.3 Å².